The van der Waals surface area contributed by atoms with E-state index in [1.54, 1.807) is 0 Å². The minimum absolute atomic E-state index is 0.0987. The molecule has 0 bridgehead atoms. The minimum atomic E-state index is -0.442. The summed E-state index contributed by atoms with van der Waals surface area (Å²) in [6.45, 7) is 4.97. The molecule has 1 aromatic carbocycles. The highest BCUT2D eigenvalue weighted by Gasteiger charge is 2.34. The summed E-state index contributed by atoms with van der Waals surface area (Å²) in [7, 11) is 0. The zero-order valence-corrected chi connectivity index (χ0v) is 10.4. The summed E-state index contributed by atoms with van der Waals surface area (Å²) >= 11 is 0. The summed E-state index contributed by atoms with van der Waals surface area (Å²) < 4.78 is 11.3. The Kier molecular flexibility index (Phi) is 4.15. The number of benzene rings is 1. The van der Waals surface area contributed by atoms with Crippen LogP contribution in [0.5, 0.6) is 0 Å². The predicted molar refractivity (Wildman–Crippen MR) is 65.6 cm³/mol. The average Bonchev–Trinajstić information content (AvgIpc) is 2.36. The number of ether oxygens (including phenoxy) is 2. The highest BCUT2D eigenvalue weighted by atomic mass is 16.6. The molecule has 3 heteroatoms. The Morgan fingerprint density at radius 2 is 2.00 bits per heavy atom. The van der Waals surface area contributed by atoms with Gasteiger partial charge in [-0.25, -0.2) is 0 Å². The highest BCUT2D eigenvalue weighted by molar-refractivity contribution is 5.13. The van der Waals surface area contributed by atoms with E-state index < -0.39 is 6.10 Å². The van der Waals surface area contributed by atoms with Crippen molar-refractivity contribution in [2.75, 3.05) is 6.61 Å². The lowest BCUT2D eigenvalue weighted by Gasteiger charge is -2.37. The van der Waals surface area contributed by atoms with Gasteiger partial charge in [0.15, 0.2) is 0 Å². The molecule has 0 radical (unpaired) electrons. The van der Waals surface area contributed by atoms with Gasteiger partial charge < -0.3 is 14.6 Å². The van der Waals surface area contributed by atoms with E-state index in [2.05, 4.69) is 0 Å². The zero-order chi connectivity index (χ0) is 12.3. The van der Waals surface area contributed by atoms with Crippen LogP contribution in [0, 0.1) is 5.92 Å². The van der Waals surface area contributed by atoms with Crippen LogP contribution in [0.15, 0.2) is 30.3 Å². The van der Waals surface area contributed by atoms with Crippen LogP contribution in [0.3, 0.4) is 0 Å². The van der Waals surface area contributed by atoms with Crippen molar-refractivity contribution in [3.8, 4) is 0 Å². The molecule has 0 saturated carbocycles. The normalized spacial score (nSPS) is 33.6. The molecule has 1 aliphatic rings. The minimum Gasteiger partial charge on any atom is -0.390 e. The van der Waals surface area contributed by atoms with Crippen LogP contribution < -0.4 is 0 Å². The van der Waals surface area contributed by atoms with Crippen molar-refractivity contribution in [3.05, 3.63) is 35.9 Å². The fourth-order valence-corrected chi connectivity index (χ4v) is 2.04. The molecule has 1 aromatic rings. The maximum atomic E-state index is 10.1. The fourth-order valence-electron chi connectivity index (χ4n) is 2.04. The fraction of sp³-hybridized carbons (Fsp3) is 0.571. The second-order valence-corrected chi connectivity index (χ2v) is 4.72. The first-order valence-electron chi connectivity index (χ1n) is 6.13. The molecule has 17 heavy (non-hydrogen) atoms. The molecule has 4 atom stereocenters. The second kappa shape index (κ2) is 5.63. The van der Waals surface area contributed by atoms with Gasteiger partial charge in [-0.05, 0) is 12.5 Å². The second-order valence-electron chi connectivity index (χ2n) is 4.72. The summed E-state index contributed by atoms with van der Waals surface area (Å²) in [6, 6.07) is 9.98. The van der Waals surface area contributed by atoms with Gasteiger partial charge in [0.05, 0.1) is 25.4 Å². The van der Waals surface area contributed by atoms with Crippen molar-refractivity contribution >= 4 is 0 Å². The number of rotatable bonds is 3. The molecule has 0 aliphatic carbocycles. The van der Waals surface area contributed by atoms with Crippen molar-refractivity contribution in [2.45, 2.75) is 38.8 Å². The van der Waals surface area contributed by atoms with Crippen molar-refractivity contribution in [2.24, 2.45) is 5.92 Å². The van der Waals surface area contributed by atoms with Crippen LogP contribution in [-0.4, -0.2) is 30.0 Å². The lowest BCUT2D eigenvalue weighted by molar-refractivity contribution is -0.172. The molecule has 1 fully saturated rings. The van der Waals surface area contributed by atoms with Gasteiger partial charge in [-0.2, -0.15) is 0 Å². The lowest BCUT2D eigenvalue weighted by Crippen LogP contribution is -2.48. The predicted octanol–water partition coefficient (Wildman–Crippen LogP) is 1.99. The van der Waals surface area contributed by atoms with Crippen molar-refractivity contribution in [1.82, 2.24) is 0 Å². The Bertz CT molecular complexity index is 339. The smallest absolute Gasteiger partial charge is 0.107 e. The molecule has 1 saturated heterocycles. The molecule has 1 N–H and O–H groups in total. The maximum absolute atomic E-state index is 10.1. The largest absolute Gasteiger partial charge is 0.390 e. The van der Waals surface area contributed by atoms with Gasteiger partial charge in [0, 0.05) is 5.92 Å². The summed E-state index contributed by atoms with van der Waals surface area (Å²) in [5.41, 5.74) is 1.12. The first-order chi connectivity index (χ1) is 8.18. The van der Waals surface area contributed by atoms with E-state index in [9.17, 15) is 5.11 Å². The molecule has 2 rings (SSSR count). The van der Waals surface area contributed by atoms with E-state index in [4.69, 9.17) is 9.47 Å². The first-order valence-corrected chi connectivity index (χ1v) is 6.13. The molecular weight excluding hydrogens is 216 g/mol. The first kappa shape index (κ1) is 12.6. The number of hydrogen-bond acceptors (Lipinski definition) is 3. The SMILES string of the molecule is CC1OCC(OCc2ccccc2)[C@@H](O)[C@@H]1C. The van der Waals surface area contributed by atoms with E-state index in [1.165, 1.54) is 0 Å². The van der Waals surface area contributed by atoms with Crippen molar-refractivity contribution in [3.63, 3.8) is 0 Å². The van der Waals surface area contributed by atoms with E-state index in [-0.39, 0.29) is 18.1 Å². The van der Waals surface area contributed by atoms with E-state index in [1.807, 2.05) is 44.2 Å². The third-order valence-corrected chi connectivity index (χ3v) is 3.49. The maximum Gasteiger partial charge on any atom is 0.107 e. The third-order valence-electron chi connectivity index (χ3n) is 3.49. The monoisotopic (exact) mass is 236 g/mol. The molecule has 94 valence electrons. The van der Waals surface area contributed by atoms with Gasteiger partial charge in [0.2, 0.25) is 0 Å². The molecule has 0 aromatic heterocycles. The van der Waals surface area contributed by atoms with E-state index >= 15 is 0 Å². The Balaban J connectivity index is 1.87. The Morgan fingerprint density at radius 3 is 2.71 bits per heavy atom. The average molecular weight is 236 g/mol. The number of hydrogen-bond donors (Lipinski definition) is 1. The molecular formula is C14H20O3. The number of aliphatic hydroxyl groups excluding tert-OH is 1. The lowest BCUT2D eigenvalue weighted by atomic mass is 9.92. The van der Waals surface area contributed by atoms with Gasteiger partial charge in [-0.3, -0.25) is 0 Å². The van der Waals surface area contributed by atoms with Gasteiger partial charge in [-0.15, -0.1) is 0 Å². The molecule has 1 aliphatic heterocycles. The third kappa shape index (κ3) is 3.06. The van der Waals surface area contributed by atoms with Gasteiger partial charge in [0.1, 0.15) is 6.10 Å². The molecule has 2 unspecified atom stereocenters. The summed E-state index contributed by atoms with van der Waals surface area (Å²) in [5.74, 6) is 0.115. The number of aliphatic hydroxyl groups is 1. The topological polar surface area (TPSA) is 38.7 Å². The van der Waals surface area contributed by atoms with E-state index in [0.717, 1.165) is 5.56 Å². The van der Waals surface area contributed by atoms with Crippen LogP contribution in [0.4, 0.5) is 0 Å². The van der Waals surface area contributed by atoms with Crippen LogP contribution in [-0.2, 0) is 16.1 Å². The quantitative estimate of drug-likeness (QED) is 0.872. The molecule has 1 heterocycles. The molecule has 0 amide bonds. The molecule has 0 spiro atoms. The zero-order valence-electron chi connectivity index (χ0n) is 10.4. The van der Waals surface area contributed by atoms with Crippen LogP contribution in [0.25, 0.3) is 0 Å². The Morgan fingerprint density at radius 1 is 1.29 bits per heavy atom. The van der Waals surface area contributed by atoms with Crippen LogP contribution in [0.2, 0.25) is 0 Å². The molecule has 3 nitrogen and oxygen atoms in total. The standard InChI is InChI=1S/C14H20O3/c1-10-11(2)16-9-13(14(10)15)17-8-12-6-4-3-5-7-12/h3-7,10-11,13-15H,8-9H2,1-2H3/t10-,11?,13?,14+/m1/s1. The van der Waals surface area contributed by atoms with Crippen LogP contribution >= 0.6 is 0 Å². The van der Waals surface area contributed by atoms with Crippen LogP contribution in [0.1, 0.15) is 19.4 Å². The van der Waals surface area contributed by atoms with Gasteiger partial charge >= 0.3 is 0 Å². The van der Waals surface area contributed by atoms with Gasteiger partial charge in [0.25, 0.3) is 0 Å². The Hall–Kier alpha value is -0.900. The summed E-state index contributed by atoms with van der Waals surface area (Å²) in [5, 5.41) is 10.1. The Labute approximate surface area is 102 Å². The van der Waals surface area contributed by atoms with Gasteiger partial charge in [-0.1, -0.05) is 37.3 Å². The van der Waals surface area contributed by atoms with Crippen molar-refractivity contribution in [1.29, 1.82) is 0 Å². The summed E-state index contributed by atoms with van der Waals surface area (Å²) in [4.78, 5) is 0. The highest BCUT2D eigenvalue weighted by Crippen LogP contribution is 2.23. The van der Waals surface area contributed by atoms with E-state index in [0.29, 0.717) is 13.2 Å². The van der Waals surface area contributed by atoms with Crippen molar-refractivity contribution < 1.29 is 14.6 Å². The summed E-state index contributed by atoms with van der Waals surface area (Å²) in [6.07, 6.45) is -0.564.